The van der Waals surface area contributed by atoms with Gasteiger partial charge in [0.2, 0.25) is 0 Å². The van der Waals surface area contributed by atoms with Gasteiger partial charge in [-0.25, -0.2) is 0 Å². The van der Waals surface area contributed by atoms with Gasteiger partial charge in [0.1, 0.15) is 9.73 Å². The lowest BCUT2D eigenvalue weighted by Gasteiger charge is -2.06. The molecule has 1 N–H and O–H groups in total. The van der Waals surface area contributed by atoms with Crippen molar-refractivity contribution in [3.63, 3.8) is 0 Å². The van der Waals surface area contributed by atoms with Crippen LogP contribution in [0.15, 0.2) is 34.3 Å². The van der Waals surface area contributed by atoms with Gasteiger partial charge >= 0.3 is 0 Å². The van der Waals surface area contributed by atoms with Crippen molar-refractivity contribution >= 4 is 50.5 Å². The predicted octanol–water partition coefficient (Wildman–Crippen LogP) is 2.80. The summed E-state index contributed by atoms with van der Waals surface area (Å²) in [5.41, 5.74) is 0.240. The predicted molar refractivity (Wildman–Crippen MR) is 70.4 cm³/mol. The summed E-state index contributed by atoms with van der Waals surface area (Å²) in [7, 11) is -3.81. The molecule has 1 aromatic rings. The van der Waals surface area contributed by atoms with Crippen LogP contribution in [0, 0.1) is 0 Å². The van der Waals surface area contributed by atoms with Crippen LogP contribution < -0.4 is 4.83 Å². The maximum absolute atomic E-state index is 11.8. The molecule has 0 aromatic heterocycles. The van der Waals surface area contributed by atoms with Crippen LogP contribution in [0.1, 0.15) is 6.92 Å². The van der Waals surface area contributed by atoms with Crippen LogP contribution in [-0.2, 0) is 10.0 Å². The summed E-state index contributed by atoms with van der Waals surface area (Å²) in [5.74, 6) is 0. The SMILES string of the molecule is CC(=NNS(=O)(=O)c1ccccc1Cl)C(Cl)Cl. The van der Waals surface area contributed by atoms with E-state index in [1.807, 2.05) is 4.83 Å². The first-order chi connectivity index (χ1) is 7.84. The molecule has 0 unspecified atom stereocenters. The summed E-state index contributed by atoms with van der Waals surface area (Å²) in [5, 5.41) is 3.68. The Kier molecular flexibility index (Phi) is 5.06. The number of nitrogens with zero attached hydrogens (tertiary/aromatic N) is 1. The molecule has 4 nitrogen and oxygen atoms in total. The highest BCUT2D eigenvalue weighted by Gasteiger charge is 2.16. The average molecular weight is 316 g/mol. The second-order valence-electron chi connectivity index (χ2n) is 3.08. The van der Waals surface area contributed by atoms with E-state index in [1.165, 1.54) is 19.1 Å². The zero-order chi connectivity index (χ0) is 13.1. The van der Waals surface area contributed by atoms with Gasteiger partial charge in [-0.15, -0.1) is 0 Å². The molecule has 0 amide bonds. The van der Waals surface area contributed by atoms with E-state index < -0.39 is 14.9 Å². The summed E-state index contributed by atoms with van der Waals surface area (Å²) in [6.07, 6.45) is 0. The maximum atomic E-state index is 11.8. The van der Waals surface area contributed by atoms with E-state index in [-0.39, 0.29) is 15.6 Å². The third-order valence-electron chi connectivity index (χ3n) is 1.78. The second-order valence-corrected chi connectivity index (χ2v) is 6.21. The monoisotopic (exact) mass is 314 g/mol. The summed E-state index contributed by atoms with van der Waals surface area (Å²) in [4.78, 5) is 1.08. The quantitative estimate of drug-likeness (QED) is 0.527. The molecule has 8 heteroatoms. The van der Waals surface area contributed by atoms with E-state index in [9.17, 15) is 8.42 Å². The summed E-state index contributed by atoms with van der Waals surface area (Å²) < 4.78 is 23.6. The van der Waals surface area contributed by atoms with Gasteiger partial charge in [0, 0.05) is 0 Å². The number of nitrogens with one attached hydrogen (secondary N) is 1. The van der Waals surface area contributed by atoms with Crippen LogP contribution >= 0.6 is 34.8 Å². The van der Waals surface area contributed by atoms with Crippen molar-refractivity contribution in [2.45, 2.75) is 16.7 Å². The van der Waals surface area contributed by atoms with Gasteiger partial charge in [0.15, 0.2) is 0 Å². The zero-order valence-electron chi connectivity index (χ0n) is 8.69. The molecule has 17 heavy (non-hydrogen) atoms. The molecule has 0 saturated carbocycles. The Morgan fingerprint density at radius 2 is 1.94 bits per heavy atom. The first kappa shape index (κ1) is 14.6. The van der Waals surface area contributed by atoms with E-state index in [4.69, 9.17) is 34.8 Å². The highest BCUT2D eigenvalue weighted by Crippen LogP contribution is 2.20. The van der Waals surface area contributed by atoms with E-state index >= 15 is 0 Å². The van der Waals surface area contributed by atoms with Gasteiger partial charge in [-0.2, -0.15) is 18.4 Å². The second kappa shape index (κ2) is 5.91. The lowest BCUT2D eigenvalue weighted by Crippen LogP contribution is -2.21. The molecule has 0 aliphatic heterocycles. The van der Waals surface area contributed by atoms with Crippen molar-refractivity contribution in [3.05, 3.63) is 29.3 Å². The number of alkyl halides is 2. The fourth-order valence-corrected chi connectivity index (χ4v) is 2.38. The van der Waals surface area contributed by atoms with Crippen molar-refractivity contribution in [2.24, 2.45) is 5.10 Å². The zero-order valence-corrected chi connectivity index (χ0v) is 11.8. The smallest absolute Gasteiger partial charge is 0.200 e. The Hall–Kier alpha value is -0.490. The molecule has 1 rings (SSSR count). The minimum Gasteiger partial charge on any atom is -0.200 e. The molecule has 94 valence electrons. The fraction of sp³-hybridized carbons (Fsp3) is 0.222. The number of halogens is 3. The molecule has 0 fully saturated rings. The summed E-state index contributed by atoms with van der Waals surface area (Å²) in [6, 6.07) is 6.03. The molecule has 0 atom stereocenters. The van der Waals surface area contributed by atoms with Gasteiger partial charge in [-0.3, -0.25) is 0 Å². The average Bonchev–Trinajstić information content (AvgIpc) is 2.26. The number of sulfonamides is 1. The van der Waals surface area contributed by atoms with Crippen LogP contribution in [0.25, 0.3) is 0 Å². The fourth-order valence-electron chi connectivity index (χ4n) is 0.893. The van der Waals surface area contributed by atoms with Gasteiger partial charge < -0.3 is 0 Å². The standard InChI is InChI=1S/C9H9Cl3N2O2S/c1-6(9(11)12)13-14-17(15,16)8-5-3-2-4-7(8)10/h2-5,9,14H,1H3. The number of benzene rings is 1. The number of rotatable bonds is 4. The van der Waals surface area contributed by atoms with Crippen LogP contribution in [-0.4, -0.2) is 19.0 Å². The Bertz CT molecular complexity index is 529. The van der Waals surface area contributed by atoms with Crippen molar-refractivity contribution < 1.29 is 8.42 Å². The lowest BCUT2D eigenvalue weighted by atomic mass is 10.4. The minimum absolute atomic E-state index is 0.0566. The van der Waals surface area contributed by atoms with E-state index in [1.54, 1.807) is 12.1 Å². The summed E-state index contributed by atoms with van der Waals surface area (Å²) in [6.45, 7) is 1.50. The molecule has 0 aliphatic carbocycles. The highest BCUT2D eigenvalue weighted by atomic mass is 35.5. The van der Waals surface area contributed by atoms with E-state index in [0.717, 1.165) is 0 Å². The third kappa shape index (κ3) is 4.03. The number of hydrazone groups is 1. The van der Waals surface area contributed by atoms with Crippen molar-refractivity contribution in [1.82, 2.24) is 4.83 Å². The van der Waals surface area contributed by atoms with Crippen molar-refractivity contribution in [1.29, 1.82) is 0 Å². The van der Waals surface area contributed by atoms with Gasteiger partial charge in [0.05, 0.1) is 10.7 Å². The Morgan fingerprint density at radius 1 is 1.35 bits per heavy atom. The molecule has 0 heterocycles. The molecular weight excluding hydrogens is 307 g/mol. The Labute approximate surface area is 115 Å². The van der Waals surface area contributed by atoms with E-state index in [2.05, 4.69) is 5.10 Å². The third-order valence-corrected chi connectivity index (χ3v) is 4.12. The molecule has 0 saturated heterocycles. The molecular formula is C9H9Cl3N2O2S. The Morgan fingerprint density at radius 3 is 2.47 bits per heavy atom. The maximum Gasteiger partial charge on any atom is 0.278 e. The van der Waals surface area contributed by atoms with Crippen LogP contribution in [0.3, 0.4) is 0 Å². The van der Waals surface area contributed by atoms with Crippen LogP contribution in [0.5, 0.6) is 0 Å². The van der Waals surface area contributed by atoms with Crippen LogP contribution in [0.4, 0.5) is 0 Å². The molecule has 0 radical (unpaired) electrons. The first-order valence-corrected chi connectivity index (χ1v) is 7.16. The number of hydrogen-bond acceptors (Lipinski definition) is 3. The highest BCUT2D eigenvalue weighted by molar-refractivity contribution is 7.89. The normalized spacial score (nSPS) is 12.9. The summed E-state index contributed by atoms with van der Waals surface area (Å²) >= 11 is 16.8. The van der Waals surface area contributed by atoms with Gasteiger partial charge in [0.25, 0.3) is 10.0 Å². The molecule has 0 bridgehead atoms. The molecule has 0 spiro atoms. The number of hydrogen-bond donors (Lipinski definition) is 1. The first-order valence-electron chi connectivity index (χ1n) is 4.43. The molecule has 0 aliphatic rings. The van der Waals surface area contributed by atoms with Gasteiger partial charge in [-0.05, 0) is 19.1 Å². The topological polar surface area (TPSA) is 58.5 Å². The van der Waals surface area contributed by atoms with Gasteiger partial charge in [-0.1, -0.05) is 46.9 Å². The largest absolute Gasteiger partial charge is 0.278 e. The van der Waals surface area contributed by atoms with E-state index in [0.29, 0.717) is 0 Å². The minimum atomic E-state index is -3.81. The van der Waals surface area contributed by atoms with Crippen LogP contribution in [0.2, 0.25) is 5.02 Å². The molecule has 1 aromatic carbocycles. The van der Waals surface area contributed by atoms with Crippen molar-refractivity contribution in [2.75, 3.05) is 0 Å². The van der Waals surface area contributed by atoms with Crippen molar-refractivity contribution in [3.8, 4) is 0 Å². The Balaban J connectivity index is 2.99. The lowest BCUT2D eigenvalue weighted by molar-refractivity contribution is 0.584.